The van der Waals surface area contributed by atoms with Crippen LogP contribution >= 0.6 is 15.9 Å². The molecule has 1 N–H and O–H groups in total. The number of hydrogen-bond donors (Lipinski definition) is 1. The number of hydrogen-bond acceptors (Lipinski definition) is 4. The van der Waals surface area contributed by atoms with E-state index in [2.05, 4.69) is 21.2 Å². The molecule has 0 unspecified atom stereocenters. The molecule has 1 aliphatic rings. The number of carbonyl (C=O) groups is 3. The van der Waals surface area contributed by atoms with E-state index in [9.17, 15) is 14.4 Å². The number of anilines is 1. The predicted octanol–water partition coefficient (Wildman–Crippen LogP) is 5.57. The van der Waals surface area contributed by atoms with Gasteiger partial charge in [0.2, 0.25) is 0 Å². The normalized spacial score (nSPS) is 15.0. The number of rotatable bonds is 6. The van der Waals surface area contributed by atoms with Crippen molar-refractivity contribution >= 4 is 45.5 Å². The lowest BCUT2D eigenvalue weighted by Gasteiger charge is -2.26. The van der Waals surface area contributed by atoms with Gasteiger partial charge in [-0.05, 0) is 60.9 Å². The van der Waals surface area contributed by atoms with Crippen LogP contribution < -0.4 is 15.0 Å². The van der Waals surface area contributed by atoms with Crippen LogP contribution in [0.5, 0.6) is 5.75 Å². The fourth-order valence-electron chi connectivity index (χ4n) is 3.65. The molecule has 0 atom stereocenters. The molecule has 0 saturated carbocycles. The first-order chi connectivity index (χ1) is 16.4. The van der Waals surface area contributed by atoms with E-state index in [1.54, 1.807) is 24.3 Å². The van der Waals surface area contributed by atoms with Gasteiger partial charge in [0.15, 0.2) is 0 Å². The smallest absolute Gasteiger partial charge is 0.335 e. The summed E-state index contributed by atoms with van der Waals surface area (Å²) >= 11 is 3.43. The predicted molar refractivity (Wildman–Crippen MR) is 134 cm³/mol. The lowest BCUT2D eigenvalue weighted by molar-refractivity contribution is -0.122. The molecule has 4 amide bonds. The van der Waals surface area contributed by atoms with E-state index < -0.39 is 17.8 Å². The van der Waals surface area contributed by atoms with Crippen molar-refractivity contribution < 1.29 is 19.1 Å². The molecule has 1 heterocycles. The van der Waals surface area contributed by atoms with Crippen molar-refractivity contribution in [1.29, 1.82) is 0 Å². The molecule has 3 aromatic rings. The Morgan fingerprint density at radius 3 is 2.44 bits per heavy atom. The summed E-state index contributed by atoms with van der Waals surface area (Å²) in [5.41, 5.74) is 3.97. The molecule has 3 aromatic carbocycles. The van der Waals surface area contributed by atoms with Gasteiger partial charge in [0.05, 0.1) is 5.69 Å². The van der Waals surface area contributed by atoms with Gasteiger partial charge < -0.3 is 4.74 Å². The fourth-order valence-corrected chi connectivity index (χ4v) is 4.03. The van der Waals surface area contributed by atoms with Crippen molar-refractivity contribution in [2.75, 3.05) is 4.90 Å². The Morgan fingerprint density at radius 1 is 0.971 bits per heavy atom. The van der Waals surface area contributed by atoms with Crippen LogP contribution in [0.1, 0.15) is 29.2 Å². The second-order valence-electron chi connectivity index (χ2n) is 7.94. The average Bonchev–Trinajstić information content (AvgIpc) is 2.81. The summed E-state index contributed by atoms with van der Waals surface area (Å²) < 4.78 is 6.77. The lowest BCUT2D eigenvalue weighted by atomic mass is 10.1. The first kappa shape index (κ1) is 23.4. The van der Waals surface area contributed by atoms with Gasteiger partial charge >= 0.3 is 6.03 Å². The monoisotopic (exact) mass is 518 g/mol. The summed E-state index contributed by atoms with van der Waals surface area (Å²) in [4.78, 5) is 39.3. The van der Waals surface area contributed by atoms with Crippen LogP contribution in [0, 0.1) is 6.92 Å². The summed E-state index contributed by atoms with van der Waals surface area (Å²) in [6.07, 6.45) is 2.28. The van der Waals surface area contributed by atoms with E-state index in [-0.39, 0.29) is 5.57 Å². The third-order valence-electron chi connectivity index (χ3n) is 5.45. The summed E-state index contributed by atoms with van der Waals surface area (Å²) in [5, 5.41) is 2.26. The SMILES string of the molecule is CCc1ccc(N2C(=O)NC(=O)/C(=C/c3cc(Br)ccc3OCc3cccc(C)c3)C2=O)cc1. The van der Waals surface area contributed by atoms with Crippen molar-refractivity contribution in [3.05, 3.63) is 99.0 Å². The molecular weight excluding hydrogens is 496 g/mol. The van der Waals surface area contributed by atoms with E-state index in [4.69, 9.17) is 4.74 Å². The van der Waals surface area contributed by atoms with Crippen LogP contribution in [0.3, 0.4) is 0 Å². The molecule has 4 rings (SSSR count). The Hall–Kier alpha value is -3.71. The maximum Gasteiger partial charge on any atom is 0.335 e. The minimum atomic E-state index is -0.776. The zero-order valence-electron chi connectivity index (χ0n) is 18.8. The van der Waals surface area contributed by atoms with Crippen LogP contribution in [0.25, 0.3) is 6.08 Å². The molecule has 172 valence electrons. The molecule has 1 aliphatic heterocycles. The number of halogens is 1. The lowest BCUT2D eigenvalue weighted by Crippen LogP contribution is -2.54. The molecule has 0 bridgehead atoms. The van der Waals surface area contributed by atoms with E-state index in [1.165, 1.54) is 6.08 Å². The first-order valence-electron chi connectivity index (χ1n) is 10.8. The van der Waals surface area contributed by atoms with Gasteiger partial charge in [0.25, 0.3) is 11.8 Å². The molecule has 0 radical (unpaired) electrons. The number of amides is 4. The largest absolute Gasteiger partial charge is 0.488 e. The minimum absolute atomic E-state index is 0.155. The number of carbonyl (C=O) groups excluding carboxylic acids is 3. The van der Waals surface area contributed by atoms with Gasteiger partial charge in [-0.15, -0.1) is 0 Å². The van der Waals surface area contributed by atoms with Gasteiger partial charge in [-0.25, -0.2) is 9.69 Å². The Labute approximate surface area is 206 Å². The highest BCUT2D eigenvalue weighted by Gasteiger charge is 2.37. The van der Waals surface area contributed by atoms with Gasteiger partial charge in [0.1, 0.15) is 17.9 Å². The molecule has 7 heteroatoms. The number of aryl methyl sites for hydroxylation is 2. The standard InChI is InChI=1S/C27H23BrN2O4/c1-3-18-7-10-22(11-8-18)30-26(32)23(25(31)29-27(30)33)15-20-14-21(28)9-12-24(20)34-16-19-6-4-5-17(2)13-19/h4-15H,3,16H2,1-2H3,(H,29,31,33)/b23-15-. The Morgan fingerprint density at radius 2 is 1.74 bits per heavy atom. The number of nitrogens with one attached hydrogen (secondary N) is 1. The molecule has 34 heavy (non-hydrogen) atoms. The molecule has 0 aromatic heterocycles. The van der Waals surface area contributed by atoms with Gasteiger partial charge in [-0.3, -0.25) is 14.9 Å². The Balaban J connectivity index is 1.66. The van der Waals surface area contributed by atoms with Crippen molar-refractivity contribution in [2.45, 2.75) is 26.9 Å². The highest BCUT2D eigenvalue weighted by Crippen LogP contribution is 2.29. The minimum Gasteiger partial charge on any atom is -0.488 e. The fraction of sp³-hybridized carbons (Fsp3) is 0.148. The second kappa shape index (κ2) is 10.1. The zero-order valence-corrected chi connectivity index (χ0v) is 20.4. The maximum absolute atomic E-state index is 13.2. The highest BCUT2D eigenvalue weighted by molar-refractivity contribution is 9.10. The number of nitrogens with zero attached hydrogens (tertiary/aromatic N) is 1. The van der Waals surface area contributed by atoms with Crippen LogP contribution in [-0.4, -0.2) is 17.8 Å². The van der Waals surface area contributed by atoms with E-state index in [0.29, 0.717) is 23.6 Å². The Bertz CT molecular complexity index is 1300. The van der Waals surface area contributed by atoms with Gasteiger partial charge in [0, 0.05) is 10.0 Å². The summed E-state index contributed by atoms with van der Waals surface area (Å²) in [7, 11) is 0. The first-order valence-corrected chi connectivity index (χ1v) is 11.6. The second-order valence-corrected chi connectivity index (χ2v) is 8.85. The molecule has 0 aliphatic carbocycles. The molecule has 1 saturated heterocycles. The van der Waals surface area contributed by atoms with Gasteiger partial charge in [-0.1, -0.05) is 64.8 Å². The molecule has 6 nitrogen and oxygen atoms in total. The molecule has 1 fully saturated rings. The van der Waals surface area contributed by atoms with Crippen molar-refractivity contribution in [2.24, 2.45) is 0 Å². The van der Waals surface area contributed by atoms with E-state index in [1.807, 2.05) is 56.3 Å². The number of benzene rings is 3. The summed E-state index contributed by atoms with van der Waals surface area (Å²) in [5.74, 6) is -0.933. The van der Waals surface area contributed by atoms with Crippen LogP contribution in [0.15, 0.2) is 76.8 Å². The van der Waals surface area contributed by atoms with Crippen LogP contribution in [0.4, 0.5) is 10.5 Å². The molecular formula is C27H23BrN2O4. The molecule has 0 spiro atoms. The number of ether oxygens (including phenoxy) is 1. The topological polar surface area (TPSA) is 75.7 Å². The average molecular weight is 519 g/mol. The zero-order chi connectivity index (χ0) is 24.2. The number of imide groups is 2. The van der Waals surface area contributed by atoms with Crippen LogP contribution in [0.2, 0.25) is 0 Å². The van der Waals surface area contributed by atoms with Crippen molar-refractivity contribution in [3.63, 3.8) is 0 Å². The summed E-state index contributed by atoms with van der Waals surface area (Å²) in [6.45, 7) is 4.35. The number of urea groups is 1. The van der Waals surface area contributed by atoms with Crippen molar-refractivity contribution in [1.82, 2.24) is 5.32 Å². The maximum atomic E-state index is 13.2. The van der Waals surface area contributed by atoms with E-state index in [0.717, 1.165) is 32.5 Å². The third kappa shape index (κ3) is 5.10. The Kier molecular flexibility index (Phi) is 6.93. The highest BCUT2D eigenvalue weighted by atomic mass is 79.9. The van der Waals surface area contributed by atoms with Crippen LogP contribution in [-0.2, 0) is 22.6 Å². The quantitative estimate of drug-likeness (QED) is 0.342. The van der Waals surface area contributed by atoms with E-state index >= 15 is 0 Å². The third-order valence-corrected chi connectivity index (χ3v) is 5.95. The summed E-state index contributed by atoms with van der Waals surface area (Å²) in [6, 6.07) is 19.6. The van der Waals surface area contributed by atoms with Crippen molar-refractivity contribution in [3.8, 4) is 5.75 Å². The number of barbiturate groups is 1. The van der Waals surface area contributed by atoms with Gasteiger partial charge in [-0.2, -0.15) is 0 Å².